The lowest BCUT2D eigenvalue weighted by Crippen LogP contribution is -2.19. The summed E-state index contributed by atoms with van der Waals surface area (Å²) >= 11 is 0. The number of H-pyrrole nitrogens is 1. The molecule has 0 radical (unpaired) electrons. The number of anilines is 2. The molecule has 2 N–H and O–H groups in total. The molecule has 0 amide bonds. The number of imidazole rings is 1. The molecule has 0 saturated carbocycles. The second kappa shape index (κ2) is 8.24. The van der Waals surface area contributed by atoms with Gasteiger partial charge in [-0.1, -0.05) is 12.1 Å². The Kier molecular flexibility index (Phi) is 5.36. The Morgan fingerprint density at radius 1 is 1.11 bits per heavy atom. The lowest BCUT2D eigenvalue weighted by Gasteiger charge is -2.17. The Hall–Kier alpha value is -3.16. The molecule has 0 spiro atoms. The summed E-state index contributed by atoms with van der Waals surface area (Å²) in [4.78, 5) is 25.5. The van der Waals surface area contributed by atoms with E-state index in [-0.39, 0.29) is 10.6 Å². The lowest BCUT2D eigenvalue weighted by molar-refractivity contribution is -0.384. The van der Waals surface area contributed by atoms with E-state index in [1.807, 2.05) is 24.3 Å². The number of nitrogens with one attached hydrogen (secondary N) is 2. The number of nitro groups is 1. The van der Waals surface area contributed by atoms with E-state index in [9.17, 15) is 10.1 Å². The maximum absolute atomic E-state index is 11.3. The first kappa shape index (κ1) is 18.2. The number of pyridine rings is 1. The number of aromatic nitrogens is 3. The fraction of sp³-hybridized carbons (Fsp3) is 0.400. The molecule has 0 unspecified atom stereocenters. The fourth-order valence-corrected chi connectivity index (χ4v) is 3.59. The minimum Gasteiger partial charge on any atom is -0.364 e. The molecular weight excluding hydrogens is 356 g/mol. The Bertz CT molecular complexity index is 931. The van der Waals surface area contributed by atoms with Crippen LogP contribution in [0, 0.1) is 10.1 Å². The largest absolute Gasteiger partial charge is 0.364 e. The van der Waals surface area contributed by atoms with E-state index in [0.29, 0.717) is 12.4 Å². The molecule has 1 aromatic carbocycles. The summed E-state index contributed by atoms with van der Waals surface area (Å²) in [7, 11) is 0. The number of rotatable bonds is 8. The number of aryl methyl sites for hydroxylation is 1. The van der Waals surface area contributed by atoms with Crippen LogP contribution in [0.25, 0.3) is 11.0 Å². The van der Waals surface area contributed by atoms with E-state index >= 15 is 0 Å². The number of unbranched alkanes of at least 4 members (excludes halogenated alkanes) is 1. The molecule has 1 fully saturated rings. The summed E-state index contributed by atoms with van der Waals surface area (Å²) < 4.78 is 0. The molecule has 2 aromatic heterocycles. The molecule has 28 heavy (non-hydrogen) atoms. The van der Waals surface area contributed by atoms with E-state index in [0.717, 1.165) is 67.9 Å². The van der Waals surface area contributed by atoms with E-state index in [1.54, 1.807) is 12.1 Å². The molecule has 4 rings (SSSR count). The van der Waals surface area contributed by atoms with Gasteiger partial charge in [0.25, 0.3) is 0 Å². The Balaban J connectivity index is 1.33. The van der Waals surface area contributed by atoms with Crippen LogP contribution < -0.4 is 10.2 Å². The van der Waals surface area contributed by atoms with Crippen molar-refractivity contribution in [1.29, 1.82) is 0 Å². The van der Waals surface area contributed by atoms with Gasteiger partial charge in [0, 0.05) is 32.1 Å². The number of nitrogens with zero attached hydrogens (tertiary/aromatic N) is 4. The molecule has 1 aliphatic heterocycles. The van der Waals surface area contributed by atoms with Crippen molar-refractivity contribution in [2.24, 2.45) is 0 Å². The number of hydrogen-bond acceptors (Lipinski definition) is 6. The minimum atomic E-state index is -0.377. The summed E-state index contributed by atoms with van der Waals surface area (Å²) in [6, 6.07) is 11.3. The highest BCUT2D eigenvalue weighted by molar-refractivity contribution is 5.74. The number of fused-ring (bicyclic) bond motifs is 1. The van der Waals surface area contributed by atoms with Gasteiger partial charge in [0.05, 0.1) is 16.0 Å². The first-order valence-electron chi connectivity index (χ1n) is 9.78. The third kappa shape index (κ3) is 4.05. The van der Waals surface area contributed by atoms with Crippen LogP contribution in [0.4, 0.5) is 17.3 Å². The summed E-state index contributed by atoms with van der Waals surface area (Å²) in [6.07, 6.45) is 4.95. The molecule has 3 heterocycles. The van der Waals surface area contributed by atoms with Crippen LogP contribution in [0.15, 0.2) is 36.4 Å². The standard InChI is InChI=1S/C20H24N6O2/c27-26(28)17-10-11-19(25-13-5-6-14-25)24-20(17)21-12-4-3-9-18-22-15-7-1-2-8-16(15)23-18/h1-2,7-8,10-11H,3-6,9,12-14H2,(H,21,24)(H,22,23). The minimum absolute atomic E-state index is 0.0280. The van der Waals surface area contributed by atoms with Gasteiger partial charge in [-0.15, -0.1) is 0 Å². The summed E-state index contributed by atoms with van der Waals surface area (Å²) in [5.41, 5.74) is 2.06. The van der Waals surface area contributed by atoms with Crippen molar-refractivity contribution < 1.29 is 4.92 Å². The van der Waals surface area contributed by atoms with Gasteiger partial charge in [0.1, 0.15) is 11.6 Å². The summed E-state index contributed by atoms with van der Waals surface area (Å²) in [5.74, 6) is 2.15. The van der Waals surface area contributed by atoms with Gasteiger partial charge in [-0.3, -0.25) is 10.1 Å². The molecule has 146 valence electrons. The van der Waals surface area contributed by atoms with Crippen LogP contribution in [0.3, 0.4) is 0 Å². The van der Waals surface area contributed by atoms with Crippen molar-refractivity contribution in [3.05, 3.63) is 52.3 Å². The Morgan fingerprint density at radius 2 is 1.93 bits per heavy atom. The summed E-state index contributed by atoms with van der Waals surface area (Å²) in [5, 5.41) is 14.5. The molecule has 1 aliphatic rings. The maximum atomic E-state index is 11.3. The normalized spacial score (nSPS) is 13.9. The third-order valence-electron chi connectivity index (χ3n) is 5.06. The monoisotopic (exact) mass is 380 g/mol. The zero-order chi connectivity index (χ0) is 19.3. The van der Waals surface area contributed by atoms with Crippen molar-refractivity contribution in [2.45, 2.75) is 32.1 Å². The molecular formula is C20H24N6O2. The number of aromatic amines is 1. The predicted octanol–water partition coefficient (Wildman–Crippen LogP) is 3.90. The zero-order valence-electron chi connectivity index (χ0n) is 15.7. The highest BCUT2D eigenvalue weighted by atomic mass is 16.6. The number of hydrogen-bond donors (Lipinski definition) is 2. The second-order valence-electron chi connectivity index (χ2n) is 7.07. The van der Waals surface area contributed by atoms with Gasteiger partial charge in [0.2, 0.25) is 5.82 Å². The van der Waals surface area contributed by atoms with E-state index in [2.05, 4.69) is 25.2 Å². The SMILES string of the molecule is O=[N+]([O-])c1ccc(N2CCCC2)nc1NCCCCc1nc2ccccc2[nH]1. The van der Waals surface area contributed by atoms with Gasteiger partial charge in [-0.2, -0.15) is 0 Å². The van der Waals surface area contributed by atoms with Gasteiger partial charge in [0.15, 0.2) is 0 Å². The van der Waals surface area contributed by atoms with Crippen molar-refractivity contribution in [3.8, 4) is 0 Å². The highest BCUT2D eigenvalue weighted by Crippen LogP contribution is 2.27. The number of benzene rings is 1. The molecule has 3 aromatic rings. The molecule has 0 bridgehead atoms. The van der Waals surface area contributed by atoms with Crippen LogP contribution in [0.5, 0.6) is 0 Å². The first-order chi connectivity index (χ1) is 13.7. The first-order valence-corrected chi connectivity index (χ1v) is 9.78. The van der Waals surface area contributed by atoms with Gasteiger partial charge >= 0.3 is 5.69 Å². The van der Waals surface area contributed by atoms with E-state index < -0.39 is 0 Å². The van der Waals surface area contributed by atoms with Crippen molar-refractivity contribution >= 4 is 28.4 Å². The Morgan fingerprint density at radius 3 is 2.71 bits per heavy atom. The third-order valence-corrected chi connectivity index (χ3v) is 5.06. The molecule has 8 heteroatoms. The molecule has 1 saturated heterocycles. The van der Waals surface area contributed by atoms with Gasteiger partial charge in [-0.25, -0.2) is 9.97 Å². The van der Waals surface area contributed by atoms with Crippen LogP contribution >= 0.6 is 0 Å². The van der Waals surface area contributed by atoms with Gasteiger partial charge < -0.3 is 15.2 Å². The van der Waals surface area contributed by atoms with Crippen LogP contribution in [0.2, 0.25) is 0 Å². The van der Waals surface area contributed by atoms with Gasteiger partial charge in [-0.05, 0) is 43.9 Å². The topological polar surface area (TPSA) is 100.0 Å². The highest BCUT2D eigenvalue weighted by Gasteiger charge is 2.20. The lowest BCUT2D eigenvalue weighted by atomic mass is 10.2. The average Bonchev–Trinajstić information content (AvgIpc) is 3.37. The smallest absolute Gasteiger partial charge is 0.311 e. The Labute approximate surface area is 163 Å². The molecule has 0 aliphatic carbocycles. The quantitative estimate of drug-likeness (QED) is 0.349. The molecule has 0 atom stereocenters. The number of para-hydroxylation sites is 2. The van der Waals surface area contributed by atoms with Crippen molar-refractivity contribution in [2.75, 3.05) is 29.9 Å². The second-order valence-corrected chi connectivity index (χ2v) is 7.07. The van der Waals surface area contributed by atoms with Crippen LogP contribution in [0.1, 0.15) is 31.5 Å². The molecule has 8 nitrogen and oxygen atoms in total. The maximum Gasteiger partial charge on any atom is 0.311 e. The fourth-order valence-electron chi connectivity index (χ4n) is 3.59. The zero-order valence-corrected chi connectivity index (χ0v) is 15.7. The van der Waals surface area contributed by atoms with E-state index in [4.69, 9.17) is 0 Å². The average molecular weight is 380 g/mol. The van der Waals surface area contributed by atoms with Crippen LogP contribution in [-0.2, 0) is 6.42 Å². The van der Waals surface area contributed by atoms with Crippen molar-refractivity contribution in [3.63, 3.8) is 0 Å². The van der Waals surface area contributed by atoms with Crippen LogP contribution in [-0.4, -0.2) is 39.5 Å². The van der Waals surface area contributed by atoms with Crippen molar-refractivity contribution in [1.82, 2.24) is 15.0 Å². The predicted molar refractivity (Wildman–Crippen MR) is 110 cm³/mol. The van der Waals surface area contributed by atoms with E-state index in [1.165, 1.54) is 0 Å². The summed E-state index contributed by atoms with van der Waals surface area (Å²) in [6.45, 7) is 2.56.